The molecular formula is C16H11BrN2O4. The van der Waals surface area contributed by atoms with Crippen LogP contribution in [0, 0.1) is 0 Å². The van der Waals surface area contributed by atoms with Gasteiger partial charge in [-0.3, -0.25) is 9.69 Å². The maximum absolute atomic E-state index is 12.3. The second-order valence-electron chi connectivity index (χ2n) is 4.97. The Balaban J connectivity index is 1.84. The van der Waals surface area contributed by atoms with Crippen molar-refractivity contribution in [2.24, 2.45) is 0 Å². The van der Waals surface area contributed by atoms with Crippen LogP contribution in [0.1, 0.15) is 26.3 Å². The number of imide groups is 1. The van der Waals surface area contributed by atoms with Crippen LogP contribution in [-0.2, 0) is 6.54 Å². The number of carboxylic acids is 1. The third kappa shape index (κ3) is 2.83. The average molecular weight is 375 g/mol. The Morgan fingerprint density at radius 1 is 1.17 bits per heavy atom. The number of halogens is 1. The van der Waals surface area contributed by atoms with Gasteiger partial charge >= 0.3 is 12.0 Å². The lowest BCUT2D eigenvalue weighted by Crippen LogP contribution is -2.35. The van der Waals surface area contributed by atoms with E-state index in [2.05, 4.69) is 21.2 Å². The number of amides is 3. The van der Waals surface area contributed by atoms with Gasteiger partial charge < -0.3 is 10.4 Å². The van der Waals surface area contributed by atoms with Crippen molar-refractivity contribution in [1.82, 2.24) is 4.90 Å². The molecule has 3 amide bonds. The van der Waals surface area contributed by atoms with Crippen LogP contribution in [0.5, 0.6) is 0 Å². The summed E-state index contributed by atoms with van der Waals surface area (Å²) in [5.74, 6) is -1.56. The molecule has 0 radical (unpaired) electrons. The molecule has 6 nitrogen and oxygen atoms in total. The molecule has 2 aromatic carbocycles. The number of aromatic carboxylic acids is 1. The first-order valence-corrected chi connectivity index (χ1v) is 7.50. The van der Waals surface area contributed by atoms with Crippen molar-refractivity contribution in [3.8, 4) is 0 Å². The molecule has 1 heterocycles. The highest BCUT2D eigenvalue weighted by Gasteiger charge is 2.32. The molecule has 0 fully saturated rings. The zero-order valence-electron chi connectivity index (χ0n) is 11.7. The van der Waals surface area contributed by atoms with Crippen LogP contribution < -0.4 is 5.32 Å². The van der Waals surface area contributed by atoms with E-state index in [1.165, 1.54) is 12.1 Å². The van der Waals surface area contributed by atoms with Gasteiger partial charge in [-0.2, -0.15) is 0 Å². The average Bonchev–Trinajstić information content (AvgIpc) is 2.84. The van der Waals surface area contributed by atoms with Crippen LogP contribution >= 0.6 is 15.9 Å². The Morgan fingerprint density at radius 3 is 2.65 bits per heavy atom. The van der Waals surface area contributed by atoms with Crippen LogP contribution in [-0.4, -0.2) is 27.9 Å². The third-order valence-electron chi connectivity index (χ3n) is 3.52. The van der Waals surface area contributed by atoms with Crippen LogP contribution in [0.15, 0.2) is 46.9 Å². The van der Waals surface area contributed by atoms with E-state index in [0.717, 1.165) is 14.9 Å². The number of anilines is 1. The van der Waals surface area contributed by atoms with E-state index in [4.69, 9.17) is 5.11 Å². The fraction of sp³-hybridized carbons (Fsp3) is 0.0625. The molecule has 3 rings (SSSR count). The molecule has 0 saturated heterocycles. The van der Waals surface area contributed by atoms with Gasteiger partial charge in [0.05, 0.1) is 17.8 Å². The van der Waals surface area contributed by atoms with Crippen LogP contribution in [0.3, 0.4) is 0 Å². The summed E-state index contributed by atoms with van der Waals surface area (Å²) >= 11 is 3.29. The van der Waals surface area contributed by atoms with E-state index in [9.17, 15) is 14.4 Å². The first-order chi connectivity index (χ1) is 11.0. The van der Waals surface area contributed by atoms with Gasteiger partial charge in [-0.25, -0.2) is 9.59 Å². The molecule has 0 spiro atoms. The summed E-state index contributed by atoms with van der Waals surface area (Å²) in [5, 5.41) is 11.6. The van der Waals surface area contributed by atoms with E-state index in [-0.39, 0.29) is 17.8 Å². The quantitative estimate of drug-likeness (QED) is 0.843. The number of para-hydroxylation sites is 1. The fourth-order valence-electron chi connectivity index (χ4n) is 2.40. The van der Waals surface area contributed by atoms with Crippen LogP contribution in [0.2, 0.25) is 0 Å². The number of urea groups is 1. The van der Waals surface area contributed by atoms with Gasteiger partial charge in [0.25, 0.3) is 5.91 Å². The number of hydrogen-bond acceptors (Lipinski definition) is 3. The predicted molar refractivity (Wildman–Crippen MR) is 86.4 cm³/mol. The first kappa shape index (κ1) is 15.2. The molecular weight excluding hydrogens is 364 g/mol. The Kier molecular flexibility index (Phi) is 3.87. The second kappa shape index (κ2) is 5.85. The SMILES string of the molecule is O=C(O)c1ccccc1NC(=O)N1Cc2ccc(Br)cc2C1=O. The Bertz CT molecular complexity index is 835. The molecule has 0 unspecified atom stereocenters. The highest BCUT2D eigenvalue weighted by atomic mass is 79.9. The lowest BCUT2D eigenvalue weighted by Gasteiger charge is -2.15. The summed E-state index contributed by atoms with van der Waals surface area (Å²) < 4.78 is 0.753. The lowest BCUT2D eigenvalue weighted by atomic mass is 10.1. The molecule has 0 aliphatic carbocycles. The number of nitrogens with zero attached hydrogens (tertiary/aromatic N) is 1. The molecule has 0 atom stereocenters. The summed E-state index contributed by atoms with van der Waals surface area (Å²) in [5.41, 5.74) is 1.32. The molecule has 23 heavy (non-hydrogen) atoms. The van der Waals surface area contributed by atoms with Crippen molar-refractivity contribution in [2.45, 2.75) is 6.54 Å². The number of fused-ring (bicyclic) bond motifs is 1. The number of nitrogens with one attached hydrogen (secondary N) is 1. The van der Waals surface area contributed by atoms with Gasteiger partial charge in [-0.15, -0.1) is 0 Å². The van der Waals surface area contributed by atoms with E-state index in [1.54, 1.807) is 30.3 Å². The molecule has 0 saturated carbocycles. The molecule has 2 N–H and O–H groups in total. The molecule has 1 aliphatic rings. The van der Waals surface area contributed by atoms with Gasteiger partial charge in [0.2, 0.25) is 0 Å². The van der Waals surface area contributed by atoms with Gasteiger partial charge in [0.15, 0.2) is 0 Å². The normalized spacial score (nSPS) is 12.9. The fourth-order valence-corrected chi connectivity index (χ4v) is 2.76. The van der Waals surface area contributed by atoms with Crippen molar-refractivity contribution in [2.75, 3.05) is 5.32 Å². The minimum atomic E-state index is -1.15. The second-order valence-corrected chi connectivity index (χ2v) is 5.89. The molecule has 0 aromatic heterocycles. The number of carbonyl (C=O) groups is 3. The maximum Gasteiger partial charge on any atom is 0.337 e. The molecule has 116 valence electrons. The van der Waals surface area contributed by atoms with Crippen molar-refractivity contribution in [3.63, 3.8) is 0 Å². The lowest BCUT2D eigenvalue weighted by molar-refractivity contribution is 0.0697. The number of hydrogen-bond donors (Lipinski definition) is 2. The molecule has 7 heteroatoms. The summed E-state index contributed by atoms with van der Waals surface area (Å²) in [7, 11) is 0. The first-order valence-electron chi connectivity index (χ1n) is 6.71. The summed E-state index contributed by atoms with van der Waals surface area (Å²) in [6, 6.07) is 10.6. The molecule has 0 bridgehead atoms. The Morgan fingerprint density at radius 2 is 1.91 bits per heavy atom. The Hall–Kier alpha value is -2.67. The van der Waals surface area contributed by atoms with Crippen LogP contribution in [0.4, 0.5) is 10.5 Å². The standard InChI is InChI=1S/C16H11BrN2O4/c17-10-6-5-9-8-19(14(20)12(9)7-10)16(23)18-13-4-2-1-3-11(13)15(21)22/h1-7H,8H2,(H,18,23)(H,21,22). The molecule has 2 aromatic rings. The van der Waals surface area contributed by atoms with Gasteiger partial charge in [0, 0.05) is 10.0 Å². The smallest absolute Gasteiger partial charge is 0.337 e. The number of benzene rings is 2. The number of rotatable bonds is 2. The maximum atomic E-state index is 12.3. The third-order valence-corrected chi connectivity index (χ3v) is 4.01. The minimum absolute atomic E-state index is 0.0345. The molecule has 1 aliphatic heterocycles. The number of carboxylic acid groups (broad SMARTS) is 1. The summed E-state index contributed by atoms with van der Waals surface area (Å²) in [6.07, 6.45) is 0. The van der Waals surface area contributed by atoms with E-state index < -0.39 is 17.9 Å². The highest BCUT2D eigenvalue weighted by molar-refractivity contribution is 9.10. The zero-order chi connectivity index (χ0) is 16.6. The minimum Gasteiger partial charge on any atom is -0.478 e. The van der Waals surface area contributed by atoms with Gasteiger partial charge in [0.1, 0.15) is 0 Å². The van der Waals surface area contributed by atoms with Crippen molar-refractivity contribution < 1.29 is 19.5 Å². The highest BCUT2D eigenvalue weighted by Crippen LogP contribution is 2.27. The van der Waals surface area contributed by atoms with E-state index in [1.807, 2.05) is 0 Å². The zero-order valence-corrected chi connectivity index (χ0v) is 13.3. The number of carbonyl (C=O) groups excluding carboxylic acids is 2. The Labute approximate surface area is 139 Å². The van der Waals surface area contributed by atoms with E-state index in [0.29, 0.717) is 5.56 Å². The van der Waals surface area contributed by atoms with Gasteiger partial charge in [-0.05, 0) is 29.8 Å². The monoisotopic (exact) mass is 374 g/mol. The topological polar surface area (TPSA) is 86.7 Å². The summed E-state index contributed by atoms with van der Waals surface area (Å²) in [6.45, 7) is 0.155. The van der Waals surface area contributed by atoms with Crippen molar-refractivity contribution in [3.05, 3.63) is 63.6 Å². The van der Waals surface area contributed by atoms with E-state index >= 15 is 0 Å². The largest absolute Gasteiger partial charge is 0.478 e. The van der Waals surface area contributed by atoms with Gasteiger partial charge in [-0.1, -0.05) is 34.1 Å². The van der Waals surface area contributed by atoms with Crippen molar-refractivity contribution >= 4 is 39.5 Å². The summed E-state index contributed by atoms with van der Waals surface area (Å²) in [4.78, 5) is 36.9. The van der Waals surface area contributed by atoms with Crippen molar-refractivity contribution in [1.29, 1.82) is 0 Å². The van der Waals surface area contributed by atoms with Crippen LogP contribution in [0.25, 0.3) is 0 Å². The predicted octanol–water partition coefficient (Wildman–Crippen LogP) is 3.34.